The van der Waals surface area contributed by atoms with Crippen LogP contribution in [0.25, 0.3) is 0 Å². The quantitative estimate of drug-likeness (QED) is 0.267. The summed E-state index contributed by atoms with van der Waals surface area (Å²) in [5.74, 6) is 1.35. The summed E-state index contributed by atoms with van der Waals surface area (Å²) >= 11 is 6.55. The van der Waals surface area contributed by atoms with Crippen molar-refractivity contribution in [2.45, 2.75) is 39.2 Å². The third kappa shape index (κ3) is 6.94. The predicted molar refractivity (Wildman–Crippen MR) is 167 cm³/mol. The van der Waals surface area contributed by atoms with Gasteiger partial charge in [-0.25, -0.2) is 9.78 Å². The molecule has 0 radical (unpaired) electrons. The molecule has 0 unspecified atom stereocenters. The number of hydrogen-bond donors (Lipinski definition) is 3. The molecule has 0 saturated carbocycles. The second kappa shape index (κ2) is 11.9. The minimum atomic E-state index is -2.89. The molecule has 0 spiro atoms. The zero-order valence-electron chi connectivity index (χ0n) is 24.8. The first kappa shape index (κ1) is 30.6. The van der Waals surface area contributed by atoms with Gasteiger partial charge in [0.2, 0.25) is 5.95 Å². The second-order valence-corrected chi connectivity index (χ2v) is 15.1. The molecule has 2 heterocycles. The van der Waals surface area contributed by atoms with Crippen LogP contribution in [0, 0.1) is 0 Å². The third-order valence-corrected chi connectivity index (χ3v) is 8.68. The van der Waals surface area contributed by atoms with Gasteiger partial charge in [0.1, 0.15) is 17.9 Å². The minimum Gasteiger partial charge on any atom is -0.495 e. The van der Waals surface area contributed by atoms with Crippen molar-refractivity contribution in [2.75, 3.05) is 57.1 Å². The van der Waals surface area contributed by atoms with Crippen LogP contribution in [0.4, 0.5) is 33.6 Å². The van der Waals surface area contributed by atoms with Crippen LogP contribution in [0.2, 0.25) is 5.02 Å². The van der Waals surface area contributed by atoms with E-state index in [4.69, 9.17) is 21.1 Å². The number of benzene rings is 2. The molecule has 2 aromatic carbocycles. The maximum absolute atomic E-state index is 13.7. The topological polar surface area (TPSA) is 118 Å². The van der Waals surface area contributed by atoms with E-state index < -0.39 is 18.7 Å². The average Bonchev–Trinajstić information content (AvgIpc) is 2.89. The Balaban J connectivity index is 1.75. The van der Waals surface area contributed by atoms with E-state index in [1.807, 2.05) is 20.8 Å². The Bertz CT molecular complexity index is 1520. The van der Waals surface area contributed by atoms with Crippen molar-refractivity contribution in [3.8, 4) is 5.75 Å². The number of carbonyl (C=O) groups is 1. The molecule has 4 rings (SSSR count). The van der Waals surface area contributed by atoms with Gasteiger partial charge in [0.05, 0.1) is 31.8 Å². The maximum Gasteiger partial charge on any atom is 0.411 e. The summed E-state index contributed by atoms with van der Waals surface area (Å²) < 4.78 is 24.2. The normalized spacial score (nSPS) is 13.8. The van der Waals surface area contributed by atoms with Gasteiger partial charge in [-0.1, -0.05) is 32.4 Å². The standard InChI is InChI=1S/C29H38ClN6O4P/c1-29(2,3)24-20(34-28(37)40-6)9-10-21(25(24)41(7,8)38)32-26-19(30)15-31-27(35-26)33-22-13-18-16-36(4)12-11-17(18)14-23(22)39-5/h9-10,13-15H,11-12,16H2,1-8H3,(H,34,37)(H2,31,32,33,35). The van der Waals surface area contributed by atoms with Crippen LogP contribution in [-0.4, -0.2) is 62.1 Å². The summed E-state index contributed by atoms with van der Waals surface area (Å²) in [6.45, 7) is 11.2. The highest BCUT2D eigenvalue weighted by Crippen LogP contribution is 2.45. The molecule has 1 aromatic heterocycles. The van der Waals surface area contributed by atoms with Crippen molar-refractivity contribution >= 4 is 59.0 Å². The van der Waals surface area contributed by atoms with Crippen LogP contribution >= 0.6 is 18.7 Å². The molecule has 3 N–H and O–H groups in total. The van der Waals surface area contributed by atoms with Crippen LogP contribution in [0.15, 0.2) is 30.5 Å². The highest BCUT2D eigenvalue weighted by molar-refractivity contribution is 7.70. The molecule has 1 aliphatic heterocycles. The Morgan fingerprint density at radius 3 is 2.41 bits per heavy atom. The maximum atomic E-state index is 13.7. The van der Waals surface area contributed by atoms with Crippen LogP contribution < -0.4 is 26.0 Å². The molecule has 0 saturated heterocycles. The second-order valence-electron chi connectivity index (χ2n) is 11.6. The number of halogens is 1. The van der Waals surface area contributed by atoms with Crippen LogP contribution in [0.1, 0.15) is 37.5 Å². The predicted octanol–water partition coefficient (Wildman–Crippen LogP) is 6.34. The molecular formula is C29H38ClN6O4P. The first-order chi connectivity index (χ1) is 19.2. The lowest BCUT2D eigenvalue weighted by Crippen LogP contribution is -2.28. The van der Waals surface area contributed by atoms with Crippen molar-refractivity contribution in [3.05, 3.63) is 52.2 Å². The smallest absolute Gasteiger partial charge is 0.411 e. The average molecular weight is 601 g/mol. The van der Waals surface area contributed by atoms with Crippen molar-refractivity contribution in [2.24, 2.45) is 0 Å². The van der Waals surface area contributed by atoms with E-state index in [2.05, 4.69) is 50.0 Å². The zero-order valence-corrected chi connectivity index (χ0v) is 26.5. The minimum absolute atomic E-state index is 0.289. The zero-order chi connectivity index (χ0) is 30.1. The van der Waals surface area contributed by atoms with Gasteiger partial charge >= 0.3 is 6.09 Å². The van der Waals surface area contributed by atoms with Gasteiger partial charge in [0.25, 0.3) is 0 Å². The van der Waals surface area contributed by atoms with Crippen molar-refractivity contribution in [1.29, 1.82) is 0 Å². The van der Waals surface area contributed by atoms with Crippen LogP contribution in [0.3, 0.4) is 0 Å². The van der Waals surface area contributed by atoms with Crippen molar-refractivity contribution in [3.63, 3.8) is 0 Å². The summed E-state index contributed by atoms with van der Waals surface area (Å²) in [5, 5.41) is 10.2. The van der Waals surface area contributed by atoms with Crippen molar-refractivity contribution in [1.82, 2.24) is 14.9 Å². The summed E-state index contributed by atoms with van der Waals surface area (Å²) in [7, 11) is 2.15. The first-order valence-corrected chi connectivity index (χ1v) is 16.2. The molecule has 41 heavy (non-hydrogen) atoms. The Kier molecular flexibility index (Phi) is 8.87. The summed E-state index contributed by atoms with van der Waals surface area (Å²) in [5.41, 5.74) is 4.58. The van der Waals surface area contributed by atoms with E-state index in [9.17, 15) is 9.36 Å². The molecule has 0 aliphatic carbocycles. The van der Waals surface area contributed by atoms with Crippen molar-refractivity contribution < 1.29 is 18.8 Å². The molecular weight excluding hydrogens is 563 g/mol. The fraction of sp³-hybridized carbons (Fsp3) is 0.414. The van der Waals surface area contributed by atoms with Gasteiger partial charge in [0.15, 0.2) is 5.82 Å². The van der Waals surface area contributed by atoms with Gasteiger partial charge < -0.3 is 29.6 Å². The Morgan fingerprint density at radius 2 is 1.78 bits per heavy atom. The van der Waals surface area contributed by atoms with E-state index in [0.29, 0.717) is 34.2 Å². The Hall–Kier alpha value is -3.33. The summed E-state index contributed by atoms with van der Waals surface area (Å²) in [4.78, 5) is 23.4. The Labute approximate surface area is 246 Å². The number of fused-ring (bicyclic) bond motifs is 1. The number of nitrogens with zero attached hydrogens (tertiary/aromatic N) is 3. The molecule has 10 nitrogen and oxygen atoms in total. The van der Waals surface area contributed by atoms with E-state index in [1.54, 1.807) is 32.6 Å². The number of anilines is 5. The molecule has 0 bridgehead atoms. The molecule has 0 fully saturated rings. The van der Waals surface area contributed by atoms with Crippen LogP contribution in [-0.2, 0) is 27.7 Å². The number of aromatic nitrogens is 2. The lowest BCUT2D eigenvalue weighted by molar-refractivity contribution is 0.187. The lowest BCUT2D eigenvalue weighted by atomic mass is 9.85. The number of rotatable bonds is 7. The molecule has 1 amide bonds. The highest BCUT2D eigenvalue weighted by atomic mass is 35.5. The lowest BCUT2D eigenvalue weighted by Gasteiger charge is -2.30. The molecule has 3 aromatic rings. The Morgan fingerprint density at radius 1 is 1.07 bits per heavy atom. The largest absolute Gasteiger partial charge is 0.495 e. The SMILES string of the molecule is COC(=O)Nc1ccc(Nc2nc(Nc3cc4c(cc3OC)CCN(C)C4)ncc2Cl)c(P(C)(C)=O)c1C(C)(C)C. The molecule has 1 aliphatic rings. The number of hydrogen-bond acceptors (Lipinski definition) is 9. The molecule has 12 heteroatoms. The number of carbonyl (C=O) groups excluding carboxylic acids is 1. The van der Waals surface area contributed by atoms with Gasteiger partial charge in [-0.05, 0) is 73.2 Å². The van der Waals surface area contributed by atoms with Gasteiger partial charge in [-0.3, -0.25) is 5.32 Å². The number of nitrogens with one attached hydrogen (secondary N) is 3. The number of ether oxygens (including phenoxy) is 2. The van der Waals surface area contributed by atoms with Gasteiger partial charge in [0, 0.05) is 24.1 Å². The monoisotopic (exact) mass is 600 g/mol. The number of amides is 1. The molecule has 0 atom stereocenters. The first-order valence-electron chi connectivity index (χ1n) is 13.2. The van der Waals surface area contributed by atoms with E-state index in [0.717, 1.165) is 30.8 Å². The summed E-state index contributed by atoms with van der Waals surface area (Å²) in [6, 6.07) is 7.64. The fourth-order valence-electron chi connectivity index (χ4n) is 5.03. The fourth-order valence-corrected chi connectivity index (χ4v) is 6.88. The molecule has 220 valence electrons. The number of likely N-dealkylation sites (N-methyl/N-ethyl adjacent to an activating group) is 1. The van der Waals surface area contributed by atoms with Gasteiger partial charge in [-0.15, -0.1) is 0 Å². The third-order valence-electron chi connectivity index (χ3n) is 6.86. The van der Waals surface area contributed by atoms with Crippen LogP contribution in [0.5, 0.6) is 5.75 Å². The summed E-state index contributed by atoms with van der Waals surface area (Å²) in [6.07, 6.45) is 1.86. The van der Waals surface area contributed by atoms with Gasteiger partial charge in [-0.2, -0.15) is 4.98 Å². The van der Waals surface area contributed by atoms with E-state index in [-0.39, 0.29) is 5.02 Å². The number of methoxy groups -OCH3 is 2. The van der Waals surface area contributed by atoms with E-state index >= 15 is 0 Å². The van der Waals surface area contributed by atoms with E-state index in [1.165, 1.54) is 24.4 Å². The highest BCUT2D eigenvalue weighted by Gasteiger charge is 2.31.